The van der Waals surface area contributed by atoms with Gasteiger partial charge in [-0.1, -0.05) is 36.4 Å². The molecule has 0 amide bonds. The van der Waals surface area contributed by atoms with Crippen molar-refractivity contribution < 1.29 is 0 Å². The lowest BCUT2D eigenvalue weighted by atomic mass is 10.1. The van der Waals surface area contributed by atoms with Crippen LogP contribution in [0.15, 0.2) is 73.1 Å². The molecule has 4 heterocycles. The maximum atomic E-state index is 5.86. The Morgan fingerprint density at radius 2 is 1.12 bits per heavy atom. The summed E-state index contributed by atoms with van der Waals surface area (Å²) in [6.07, 6.45) is 6.20. The summed E-state index contributed by atoms with van der Waals surface area (Å²) in [6, 6.07) is 22.7. The van der Waals surface area contributed by atoms with Crippen LogP contribution in [0.1, 0.15) is 64.0 Å². The number of hydrogen-bond acceptors (Lipinski definition) is 4. The number of nitrogens with two attached hydrogens (primary N) is 1. The zero-order chi connectivity index (χ0) is 27.8. The van der Waals surface area contributed by atoms with Crippen molar-refractivity contribution >= 4 is 43.6 Å². The zero-order valence-electron chi connectivity index (χ0n) is 24.1. The average Bonchev–Trinajstić information content (AvgIpc) is 3.46. The van der Waals surface area contributed by atoms with E-state index in [-0.39, 0.29) is 0 Å². The van der Waals surface area contributed by atoms with Crippen LogP contribution >= 0.6 is 0 Å². The molecule has 0 aliphatic carbocycles. The summed E-state index contributed by atoms with van der Waals surface area (Å²) in [5.74, 6) is 0. The van der Waals surface area contributed by atoms with E-state index in [1.54, 1.807) is 0 Å². The van der Waals surface area contributed by atoms with Gasteiger partial charge in [0.1, 0.15) is 0 Å². The first kappa shape index (κ1) is 26.5. The van der Waals surface area contributed by atoms with Gasteiger partial charge in [-0.15, -0.1) is 0 Å². The molecule has 0 spiro atoms. The molecule has 6 rings (SSSR count). The highest BCUT2D eigenvalue weighted by Crippen LogP contribution is 2.33. The van der Waals surface area contributed by atoms with Gasteiger partial charge in [-0.3, -0.25) is 14.9 Å². The first-order valence-electron chi connectivity index (χ1n) is 14.6. The molecular formula is C34H40N6. The number of nitrogens with zero attached hydrogens (tertiary/aromatic N) is 5. The Balaban J connectivity index is 1.35. The third kappa shape index (κ3) is 4.76. The summed E-state index contributed by atoms with van der Waals surface area (Å²) in [4.78, 5) is 12.4. The number of fused-ring (bicyclic) bond motifs is 6. The Kier molecular flexibility index (Phi) is 7.30. The van der Waals surface area contributed by atoms with Gasteiger partial charge in [0.25, 0.3) is 0 Å². The SMILES string of the molecule is CC(C)n1c2ccccc2c2cc(CN(CCCCN)Cc3cc4c5ccccc5n(C(C)C)c4cn3)ncc21. The van der Waals surface area contributed by atoms with E-state index in [0.717, 1.165) is 43.9 Å². The Hall–Kier alpha value is -3.74. The summed E-state index contributed by atoms with van der Waals surface area (Å²) in [7, 11) is 0. The van der Waals surface area contributed by atoms with Crippen LogP contribution in [0, 0.1) is 0 Å². The van der Waals surface area contributed by atoms with Crippen LogP contribution in [0.5, 0.6) is 0 Å². The quantitative estimate of drug-likeness (QED) is 0.185. The van der Waals surface area contributed by atoms with Gasteiger partial charge >= 0.3 is 0 Å². The third-order valence-corrected chi connectivity index (χ3v) is 8.04. The van der Waals surface area contributed by atoms with Gasteiger partial charge in [-0.25, -0.2) is 0 Å². The second kappa shape index (κ2) is 11.0. The fourth-order valence-electron chi connectivity index (χ4n) is 6.32. The molecule has 0 atom stereocenters. The van der Waals surface area contributed by atoms with Gasteiger partial charge in [0, 0.05) is 57.8 Å². The molecule has 206 valence electrons. The smallest absolute Gasteiger partial charge is 0.0680 e. The minimum Gasteiger partial charge on any atom is -0.337 e. The van der Waals surface area contributed by atoms with Gasteiger partial charge < -0.3 is 14.9 Å². The normalized spacial score (nSPS) is 12.4. The van der Waals surface area contributed by atoms with Gasteiger partial charge in [0.2, 0.25) is 0 Å². The minimum absolute atomic E-state index is 0.366. The highest BCUT2D eigenvalue weighted by Gasteiger charge is 2.17. The predicted octanol–water partition coefficient (Wildman–Crippen LogP) is 7.60. The summed E-state index contributed by atoms with van der Waals surface area (Å²) in [5, 5.41) is 5.13. The molecule has 2 N–H and O–H groups in total. The van der Waals surface area contributed by atoms with Gasteiger partial charge in [-0.05, 0) is 77.9 Å². The predicted molar refractivity (Wildman–Crippen MR) is 168 cm³/mol. The van der Waals surface area contributed by atoms with Gasteiger partial charge in [-0.2, -0.15) is 0 Å². The number of aromatic nitrogens is 4. The summed E-state index contributed by atoms with van der Waals surface area (Å²) in [5.41, 5.74) is 13.0. The molecule has 6 heteroatoms. The zero-order valence-corrected chi connectivity index (χ0v) is 24.1. The monoisotopic (exact) mass is 532 g/mol. The van der Waals surface area contributed by atoms with Crippen molar-refractivity contribution in [3.05, 3.63) is 84.4 Å². The van der Waals surface area contributed by atoms with Crippen molar-refractivity contribution in [2.75, 3.05) is 13.1 Å². The van der Waals surface area contributed by atoms with Crippen LogP contribution in [-0.4, -0.2) is 37.1 Å². The van der Waals surface area contributed by atoms with Crippen LogP contribution in [0.2, 0.25) is 0 Å². The van der Waals surface area contributed by atoms with Crippen LogP contribution in [0.4, 0.5) is 0 Å². The molecule has 6 nitrogen and oxygen atoms in total. The Morgan fingerprint density at radius 1 is 0.650 bits per heavy atom. The molecule has 0 aliphatic rings. The van der Waals surface area contributed by atoms with Crippen molar-refractivity contribution in [3.63, 3.8) is 0 Å². The van der Waals surface area contributed by atoms with E-state index in [0.29, 0.717) is 18.6 Å². The molecule has 0 fully saturated rings. The summed E-state index contributed by atoms with van der Waals surface area (Å²) >= 11 is 0. The largest absolute Gasteiger partial charge is 0.337 e. The van der Waals surface area contributed by atoms with Crippen LogP contribution in [0.3, 0.4) is 0 Å². The maximum absolute atomic E-state index is 5.86. The molecule has 2 aromatic carbocycles. The molecule has 0 bridgehead atoms. The number of unbranched alkanes of at least 4 members (excludes halogenated alkanes) is 1. The number of rotatable bonds is 10. The second-order valence-electron chi connectivity index (χ2n) is 11.6. The Morgan fingerprint density at radius 3 is 1.57 bits per heavy atom. The molecule has 6 aromatic rings. The molecule has 0 saturated heterocycles. The second-order valence-corrected chi connectivity index (χ2v) is 11.6. The minimum atomic E-state index is 0.366. The van der Waals surface area contributed by atoms with Crippen LogP contribution < -0.4 is 5.73 Å². The Bertz CT molecular complexity index is 1660. The first-order valence-corrected chi connectivity index (χ1v) is 14.6. The topological polar surface area (TPSA) is 64.9 Å². The van der Waals surface area contributed by atoms with E-state index in [1.807, 2.05) is 0 Å². The van der Waals surface area contributed by atoms with E-state index < -0.39 is 0 Å². The van der Waals surface area contributed by atoms with E-state index in [9.17, 15) is 0 Å². The van der Waals surface area contributed by atoms with Crippen molar-refractivity contribution in [2.45, 2.75) is 65.7 Å². The highest BCUT2D eigenvalue weighted by molar-refractivity contribution is 6.08. The molecule has 0 unspecified atom stereocenters. The Labute approximate surface area is 236 Å². The average molecular weight is 533 g/mol. The van der Waals surface area contributed by atoms with Crippen molar-refractivity contribution in [2.24, 2.45) is 5.73 Å². The number of hydrogen-bond donors (Lipinski definition) is 1. The highest BCUT2D eigenvalue weighted by atomic mass is 15.1. The first-order chi connectivity index (χ1) is 19.5. The number of benzene rings is 2. The van der Waals surface area contributed by atoms with E-state index in [1.165, 1.54) is 43.6 Å². The number of para-hydroxylation sites is 2. The van der Waals surface area contributed by atoms with E-state index >= 15 is 0 Å². The lowest BCUT2D eigenvalue weighted by Crippen LogP contribution is -2.25. The lowest BCUT2D eigenvalue weighted by molar-refractivity contribution is 0.246. The molecule has 4 aromatic heterocycles. The molecule has 0 radical (unpaired) electrons. The van der Waals surface area contributed by atoms with Gasteiger partial charge in [0.05, 0.1) is 34.8 Å². The van der Waals surface area contributed by atoms with Crippen molar-refractivity contribution in [1.82, 2.24) is 24.0 Å². The van der Waals surface area contributed by atoms with Crippen molar-refractivity contribution in [3.8, 4) is 0 Å². The number of pyridine rings is 2. The van der Waals surface area contributed by atoms with E-state index in [2.05, 4.69) is 115 Å². The van der Waals surface area contributed by atoms with Gasteiger partial charge in [0.15, 0.2) is 0 Å². The molecule has 0 saturated carbocycles. The molecule has 40 heavy (non-hydrogen) atoms. The fraction of sp³-hybridized carbons (Fsp3) is 0.353. The van der Waals surface area contributed by atoms with E-state index in [4.69, 9.17) is 15.7 Å². The van der Waals surface area contributed by atoms with Crippen LogP contribution in [0.25, 0.3) is 43.6 Å². The lowest BCUT2D eigenvalue weighted by Gasteiger charge is -2.22. The van der Waals surface area contributed by atoms with Crippen LogP contribution in [-0.2, 0) is 13.1 Å². The van der Waals surface area contributed by atoms with Crippen molar-refractivity contribution in [1.29, 1.82) is 0 Å². The molecular weight excluding hydrogens is 492 g/mol. The third-order valence-electron chi connectivity index (χ3n) is 8.04. The fourth-order valence-corrected chi connectivity index (χ4v) is 6.32. The summed E-state index contributed by atoms with van der Waals surface area (Å²) < 4.78 is 4.79. The molecule has 0 aliphatic heterocycles. The standard InChI is InChI=1S/C34H40N6/c1-23(2)39-31-13-7-5-11-27(31)29-17-25(36-19-33(29)39)21-38(16-10-9-15-35)22-26-18-30-28-12-6-8-14-32(28)40(24(3)4)34(30)20-37-26/h5-8,11-14,17-20,23-24H,9-10,15-16,21-22,35H2,1-4H3. The maximum Gasteiger partial charge on any atom is 0.0680 e. The summed E-state index contributed by atoms with van der Waals surface area (Å²) in [6.45, 7) is 12.2.